The number of fused-ring (bicyclic) bond motifs is 1. The molecule has 2 aromatic heterocycles. The Balaban J connectivity index is 1.37. The van der Waals surface area contributed by atoms with Crippen LogP contribution >= 0.6 is 23.1 Å². The molecule has 0 aliphatic heterocycles. The van der Waals surface area contributed by atoms with Crippen molar-refractivity contribution in [3.8, 4) is 11.8 Å². The predicted octanol–water partition coefficient (Wildman–Crippen LogP) is 4.97. The van der Waals surface area contributed by atoms with Crippen LogP contribution in [0.4, 0.5) is 5.00 Å². The third kappa shape index (κ3) is 5.40. The van der Waals surface area contributed by atoms with Crippen LogP contribution in [0.1, 0.15) is 47.7 Å². The molecule has 9 heteroatoms. The van der Waals surface area contributed by atoms with E-state index in [0.29, 0.717) is 40.6 Å². The lowest BCUT2D eigenvalue weighted by molar-refractivity contribution is -0.113. The minimum absolute atomic E-state index is 0.147. The Morgan fingerprint density at radius 2 is 2.27 bits per heavy atom. The van der Waals surface area contributed by atoms with Gasteiger partial charge >= 0.3 is 0 Å². The standard InChI is InChI=1S/C24H27N5O2S2/c1-4-29-21(13-31-17-7-5-6-15(2)10-17)27-28-24(29)32-14-22(30)26-23-19(12-25)18-9-8-16(3)11-20(18)33-23/h5-7,10,16H,4,8-9,11,13-14H2,1-3H3,(H,26,30). The molecule has 0 saturated heterocycles. The summed E-state index contributed by atoms with van der Waals surface area (Å²) in [5.41, 5.74) is 2.88. The van der Waals surface area contributed by atoms with Crippen molar-refractivity contribution in [2.45, 2.75) is 58.3 Å². The summed E-state index contributed by atoms with van der Waals surface area (Å²) in [6.45, 7) is 7.25. The van der Waals surface area contributed by atoms with Crippen LogP contribution < -0.4 is 10.1 Å². The van der Waals surface area contributed by atoms with Gasteiger partial charge in [0.2, 0.25) is 5.91 Å². The average Bonchev–Trinajstić information content (AvgIpc) is 3.35. The number of aromatic nitrogens is 3. The summed E-state index contributed by atoms with van der Waals surface area (Å²) in [4.78, 5) is 13.9. The second-order valence-electron chi connectivity index (χ2n) is 8.25. The zero-order valence-corrected chi connectivity index (χ0v) is 20.7. The topological polar surface area (TPSA) is 92.8 Å². The quantitative estimate of drug-likeness (QED) is 0.457. The maximum atomic E-state index is 12.7. The zero-order valence-electron chi connectivity index (χ0n) is 19.1. The first-order valence-corrected chi connectivity index (χ1v) is 12.9. The highest BCUT2D eigenvalue weighted by Gasteiger charge is 2.25. The van der Waals surface area contributed by atoms with Crippen LogP contribution in [0.15, 0.2) is 29.4 Å². The van der Waals surface area contributed by atoms with Gasteiger partial charge < -0.3 is 14.6 Å². The van der Waals surface area contributed by atoms with Crippen molar-refractivity contribution in [2.24, 2.45) is 5.92 Å². The lowest BCUT2D eigenvalue weighted by atomic mass is 9.89. The number of carbonyl (C=O) groups excluding carboxylic acids is 1. The number of ether oxygens (including phenoxy) is 1. The van der Waals surface area contributed by atoms with Crippen molar-refractivity contribution >= 4 is 34.0 Å². The fourth-order valence-corrected chi connectivity index (χ4v) is 6.15. The highest BCUT2D eigenvalue weighted by atomic mass is 32.2. The molecule has 2 heterocycles. The van der Waals surface area contributed by atoms with Gasteiger partial charge in [-0.3, -0.25) is 4.79 Å². The van der Waals surface area contributed by atoms with Crippen molar-refractivity contribution in [3.05, 3.63) is 51.7 Å². The molecule has 1 aliphatic carbocycles. The molecule has 1 unspecified atom stereocenters. The van der Waals surface area contributed by atoms with E-state index in [4.69, 9.17) is 4.74 Å². The summed E-state index contributed by atoms with van der Waals surface area (Å²) < 4.78 is 7.82. The lowest BCUT2D eigenvalue weighted by Crippen LogP contribution is -2.15. The maximum absolute atomic E-state index is 12.7. The van der Waals surface area contributed by atoms with Crippen LogP contribution in [-0.2, 0) is 30.8 Å². The average molecular weight is 482 g/mol. The predicted molar refractivity (Wildman–Crippen MR) is 131 cm³/mol. The van der Waals surface area contributed by atoms with Crippen LogP contribution in [0.2, 0.25) is 0 Å². The van der Waals surface area contributed by atoms with Crippen LogP contribution in [0.25, 0.3) is 0 Å². The number of nitrogens with zero attached hydrogens (tertiary/aromatic N) is 4. The number of thioether (sulfide) groups is 1. The van der Waals surface area contributed by atoms with E-state index < -0.39 is 0 Å². The first kappa shape index (κ1) is 23.3. The molecule has 1 aliphatic rings. The number of amides is 1. The van der Waals surface area contributed by atoms with Gasteiger partial charge in [-0.05, 0) is 62.3 Å². The first-order chi connectivity index (χ1) is 16.0. The lowest BCUT2D eigenvalue weighted by Gasteiger charge is -2.17. The van der Waals surface area contributed by atoms with Crippen LogP contribution in [-0.4, -0.2) is 26.4 Å². The molecule has 1 amide bonds. The number of rotatable bonds is 8. The molecule has 33 heavy (non-hydrogen) atoms. The number of nitriles is 1. The SMILES string of the molecule is CCn1c(COc2cccc(C)c2)nnc1SCC(=O)Nc1sc2c(c1C#N)CCC(C)C2. The van der Waals surface area contributed by atoms with E-state index in [0.717, 1.165) is 36.1 Å². The fraction of sp³-hybridized carbons (Fsp3) is 0.417. The number of benzene rings is 1. The number of hydrogen-bond acceptors (Lipinski definition) is 7. The molecular weight excluding hydrogens is 454 g/mol. The molecule has 0 fully saturated rings. The molecule has 172 valence electrons. The van der Waals surface area contributed by atoms with Crippen molar-refractivity contribution < 1.29 is 9.53 Å². The number of thiophene rings is 1. The van der Waals surface area contributed by atoms with Crippen molar-refractivity contribution in [2.75, 3.05) is 11.1 Å². The molecule has 0 bridgehead atoms. The Kier molecular flexibility index (Phi) is 7.36. The number of anilines is 1. The Hall–Kier alpha value is -2.83. The number of aryl methyl sites for hydroxylation is 1. The van der Waals surface area contributed by atoms with E-state index >= 15 is 0 Å². The third-order valence-corrected chi connectivity index (χ3v) is 7.81. The minimum Gasteiger partial charge on any atom is -0.486 e. The monoisotopic (exact) mass is 481 g/mol. The molecule has 7 nitrogen and oxygen atoms in total. The highest BCUT2D eigenvalue weighted by molar-refractivity contribution is 7.99. The van der Waals surface area contributed by atoms with Gasteiger partial charge in [-0.15, -0.1) is 21.5 Å². The van der Waals surface area contributed by atoms with Crippen molar-refractivity contribution in [1.29, 1.82) is 5.26 Å². The number of nitrogens with one attached hydrogen (secondary N) is 1. The van der Waals surface area contributed by atoms with E-state index in [9.17, 15) is 10.1 Å². The largest absolute Gasteiger partial charge is 0.486 e. The highest BCUT2D eigenvalue weighted by Crippen LogP contribution is 2.39. The summed E-state index contributed by atoms with van der Waals surface area (Å²) in [7, 11) is 0. The van der Waals surface area contributed by atoms with Crippen molar-refractivity contribution in [3.63, 3.8) is 0 Å². The summed E-state index contributed by atoms with van der Waals surface area (Å²) in [5, 5.41) is 22.5. The fourth-order valence-electron chi connectivity index (χ4n) is 3.95. The van der Waals surface area contributed by atoms with Gasteiger partial charge in [-0.2, -0.15) is 5.26 Å². The van der Waals surface area contributed by atoms with Gasteiger partial charge in [0.05, 0.1) is 11.3 Å². The van der Waals surface area contributed by atoms with Crippen LogP contribution in [0.3, 0.4) is 0 Å². The van der Waals surface area contributed by atoms with E-state index in [1.807, 2.05) is 42.7 Å². The Morgan fingerprint density at radius 1 is 1.42 bits per heavy atom. The van der Waals surface area contributed by atoms with Gasteiger partial charge in [-0.1, -0.05) is 30.8 Å². The summed E-state index contributed by atoms with van der Waals surface area (Å²) >= 11 is 2.88. The van der Waals surface area contributed by atoms with Gasteiger partial charge in [-0.25, -0.2) is 0 Å². The first-order valence-electron chi connectivity index (χ1n) is 11.1. The molecule has 0 radical (unpaired) electrons. The second kappa shape index (κ2) is 10.4. The number of carbonyl (C=O) groups is 1. The van der Waals surface area contributed by atoms with E-state index in [2.05, 4.69) is 28.5 Å². The Labute approximate surface area is 202 Å². The van der Waals surface area contributed by atoms with Crippen molar-refractivity contribution in [1.82, 2.24) is 14.8 Å². The molecule has 0 saturated carbocycles. The minimum atomic E-state index is -0.147. The van der Waals surface area contributed by atoms with E-state index in [1.54, 1.807) is 11.3 Å². The van der Waals surface area contributed by atoms with Crippen LogP contribution in [0, 0.1) is 24.2 Å². The zero-order chi connectivity index (χ0) is 23.4. The molecule has 3 aromatic rings. The second-order valence-corrected chi connectivity index (χ2v) is 10.3. The van der Waals surface area contributed by atoms with Gasteiger partial charge in [0.1, 0.15) is 23.4 Å². The van der Waals surface area contributed by atoms with E-state index in [-0.39, 0.29) is 11.7 Å². The summed E-state index contributed by atoms with van der Waals surface area (Å²) in [6.07, 6.45) is 2.98. The third-order valence-electron chi connectivity index (χ3n) is 5.68. The molecular formula is C24H27N5O2S2. The maximum Gasteiger partial charge on any atom is 0.235 e. The Morgan fingerprint density at radius 3 is 3.03 bits per heavy atom. The van der Waals surface area contributed by atoms with Gasteiger partial charge in [0, 0.05) is 11.4 Å². The van der Waals surface area contributed by atoms with Crippen LogP contribution in [0.5, 0.6) is 5.75 Å². The molecule has 0 spiro atoms. The Bertz CT molecular complexity index is 1190. The van der Waals surface area contributed by atoms with Gasteiger partial charge in [0.25, 0.3) is 0 Å². The molecule has 1 aromatic carbocycles. The van der Waals surface area contributed by atoms with E-state index in [1.165, 1.54) is 16.6 Å². The summed E-state index contributed by atoms with van der Waals surface area (Å²) in [5.74, 6) is 2.17. The molecule has 1 N–H and O–H groups in total. The normalized spacial score (nSPS) is 15.0. The molecule has 4 rings (SSSR count). The smallest absolute Gasteiger partial charge is 0.235 e. The molecule has 1 atom stereocenters. The number of hydrogen-bond donors (Lipinski definition) is 1. The van der Waals surface area contributed by atoms with Gasteiger partial charge in [0.15, 0.2) is 11.0 Å². The summed E-state index contributed by atoms with van der Waals surface area (Å²) in [6, 6.07) is 10.2.